The van der Waals surface area contributed by atoms with Crippen molar-refractivity contribution in [2.45, 2.75) is 23.8 Å². The van der Waals surface area contributed by atoms with Gasteiger partial charge in [0.2, 0.25) is 15.9 Å². The van der Waals surface area contributed by atoms with Crippen LogP contribution in [-0.4, -0.2) is 52.0 Å². The Labute approximate surface area is 206 Å². The van der Waals surface area contributed by atoms with Crippen molar-refractivity contribution in [3.05, 3.63) is 95.6 Å². The molecule has 1 aliphatic heterocycles. The van der Waals surface area contributed by atoms with E-state index in [0.717, 1.165) is 11.1 Å². The van der Waals surface area contributed by atoms with Gasteiger partial charge in [0.15, 0.2) is 0 Å². The molecule has 0 aromatic heterocycles. The Morgan fingerprint density at radius 2 is 1.57 bits per heavy atom. The highest BCUT2D eigenvalue weighted by Crippen LogP contribution is 2.27. The van der Waals surface area contributed by atoms with Gasteiger partial charge in [0.25, 0.3) is 0 Å². The van der Waals surface area contributed by atoms with Crippen LogP contribution in [0.1, 0.15) is 29.2 Å². The van der Waals surface area contributed by atoms with E-state index in [0.29, 0.717) is 44.0 Å². The van der Waals surface area contributed by atoms with E-state index in [4.69, 9.17) is 9.47 Å². The van der Waals surface area contributed by atoms with Crippen LogP contribution in [0, 0.1) is 0 Å². The van der Waals surface area contributed by atoms with Crippen molar-refractivity contribution in [2.24, 2.45) is 0 Å². The summed E-state index contributed by atoms with van der Waals surface area (Å²) in [7, 11) is -2.10. The molecule has 0 bridgehead atoms. The molecule has 1 fully saturated rings. The molecule has 3 aromatic carbocycles. The van der Waals surface area contributed by atoms with Crippen molar-refractivity contribution in [1.82, 2.24) is 9.62 Å². The number of morpholine rings is 1. The monoisotopic (exact) mass is 494 g/mol. The van der Waals surface area contributed by atoms with Crippen LogP contribution in [0.5, 0.6) is 5.75 Å². The summed E-state index contributed by atoms with van der Waals surface area (Å²) in [5, 5.41) is 3.13. The second-order valence-electron chi connectivity index (χ2n) is 8.31. The van der Waals surface area contributed by atoms with E-state index < -0.39 is 10.0 Å². The van der Waals surface area contributed by atoms with E-state index in [2.05, 4.69) is 5.32 Å². The number of hydrogen-bond acceptors (Lipinski definition) is 5. The lowest BCUT2D eigenvalue weighted by molar-refractivity contribution is -0.121. The minimum atomic E-state index is -3.64. The fourth-order valence-corrected chi connectivity index (χ4v) is 5.64. The molecule has 0 aliphatic carbocycles. The highest BCUT2D eigenvalue weighted by Gasteiger charge is 2.27. The third-order valence-electron chi connectivity index (χ3n) is 6.05. The highest BCUT2D eigenvalue weighted by atomic mass is 32.2. The molecule has 8 heteroatoms. The lowest BCUT2D eigenvalue weighted by atomic mass is 9.98. The van der Waals surface area contributed by atoms with Crippen LogP contribution in [0.15, 0.2) is 83.8 Å². The van der Waals surface area contributed by atoms with Crippen LogP contribution < -0.4 is 10.1 Å². The van der Waals surface area contributed by atoms with Gasteiger partial charge in [-0.25, -0.2) is 8.42 Å². The molecule has 3 aromatic rings. The van der Waals surface area contributed by atoms with Gasteiger partial charge in [-0.1, -0.05) is 60.7 Å². The summed E-state index contributed by atoms with van der Waals surface area (Å²) in [5.74, 6) is 0.424. The standard InChI is InChI=1S/C27H30N2O5S/c1-33-25-14-13-24(35(31,32)29-16-18-34-19-17-29)20-23(25)12-15-26(30)28-27(21-8-4-2-5-9-21)22-10-6-3-7-11-22/h2-11,13-14,20,27H,12,15-19H2,1H3,(H,28,30). The zero-order valence-corrected chi connectivity index (χ0v) is 20.5. The van der Waals surface area contributed by atoms with E-state index in [9.17, 15) is 13.2 Å². The maximum Gasteiger partial charge on any atom is 0.243 e. The fraction of sp³-hybridized carbons (Fsp3) is 0.296. The number of carbonyl (C=O) groups excluding carboxylic acids is 1. The molecule has 1 saturated heterocycles. The third-order valence-corrected chi connectivity index (χ3v) is 7.95. The average Bonchev–Trinajstić information content (AvgIpc) is 2.91. The summed E-state index contributed by atoms with van der Waals surface area (Å²) in [6.45, 7) is 1.41. The van der Waals surface area contributed by atoms with Gasteiger partial charge in [0.1, 0.15) is 5.75 Å². The minimum absolute atomic E-state index is 0.133. The number of amides is 1. The van der Waals surface area contributed by atoms with Crippen molar-refractivity contribution in [2.75, 3.05) is 33.4 Å². The Balaban J connectivity index is 1.50. The van der Waals surface area contributed by atoms with Crippen molar-refractivity contribution in [1.29, 1.82) is 0 Å². The molecule has 1 amide bonds. The molecule has 184 valence electrons. The predicted octanol–water partition coefficient (Wildman–Crippen LogP) is 3.55. The van der Waals surface area contributed by atoms with Gasteiger partial charge >= 0.3 is 0 Å². The second kappa shape index (κ2) is 11.5. The van der Waals surface area contributed by atoms with Gasteiger partial charge in [-0.2, -0.15) is 4.31 Å². The second-order valence-corrected chi connectivity index (χ2v) is 10.2. The lowest BCUT2D eigenvalue weighted by Gasteiger charge is -2.26. The number of ether oxygens (including phenoxy) is 2. The quantitative estimate of drug-likeness (QED) is 0.492. The van der Waals surface area contributed by atoms with E-state index in [1.807, 2.05) is 60.7 Å². The molecule has 0 radical (unpaired) electrons. The zero-order valence-electron chi connectivity index (χ0n) is 19.7. The van der Waals surface area contributed by atoms with Crippen LogP contribution in [0.25, 0.3) is 0 Å². The first-order valence-corrected chi connectivity index (χ1v) is 13.1. The Morgan fingerprint density at radius 3 is 2.14 bits per heavy atom. The summed E-state index contributed by atoms with van der Waals surface area (Å²) >= 11 is 0. The Morgan fingerprint density at radius 1 is 0.971 bits per heavy atom. The van der Waals surface area contributed by atoms with Crippen LogP contribution in [0.4, 0.5) is 0 Å². The normalized spacial score (nSPS) is 14.6. The van der Waals surface area contributed by atoms with Gasteiger partial charge < -0.3 is 14.8 Å². The summed E-state index contributed by atoms with van der Waals surface area (Å²) in [5.41, 5.74) is 2.65. The molecule has 0 saturated carbocycles. The SMILES string of the molecule is COc1ccc(S(=O)(=O)N2CCOCC2)cc1CCC(=O)NC(c1ccccc1)c1ccccc1. The molecule has 7 nitrogen and oxygen atoms in total. The smallest absolute Gasteiger partial charge is 0.243 e. The van der Waals surface area contributed by atoms with Gasteiger partial charge in [-0.05, 0) is 41.3 Å². The largest absolute Gasteiger partial charge is 0.496 e. The number of aryl methyl sites for hydroxylation is 1. The molecule has 1 heterocycles. The number of nitrogens with zero attached hydrogens (tertiary/aromatic N) is 1. The topological polar surface area (TPSA) is 84.9 Å². The molecule has 0 unspecified atom stereocenters. The summed E-state index contributed by atoms with van der Waals surface area (Å²) in [6, 6.07) is 24.2. The number of sulfonamides is 1. The Bertz CT molecular complexity index is 1190. The van der Waals surface area contributed by atoms with E-state index in [1.54, 1.807) is 18.2 Å². The predicted molar refractivity (Wildman–Crippen MR) is 134 cm³/mol. The van der Waals surface area contributed by atoms with Gasteiger partial charge in [-0.3, -0.25) is 4.79 Å². The van der Waals surface area contributed by atoms with Crippen LogP contribution in [0.2, 0.25) is 0 Å². The summed E-state index contributed by atoms with van der Waals surface area (Å²) in [6.07, 6.45) is 0.533. The molecule has 35 heavy (non-hydrogen) atoms. The number of methoxy groups -OCH3 is 1. The van der Waals surface area contributed by atoms with Crippen molar-refractivity contribution in [3.63, 3.8) is 0 Å². The van der Waals surface area contributed by atoms with E-state index in [1.165, 1.54) is 11.4 Å². The van der Waals surface area contributed by atoms with Crippen molar-refractivity contribution >= 4 is 15.9 Å². The van der Waals surface area contributed by atoms with Crippen LogP contribution >= 0.6 is 0 Å². The van der Waals surface area contributed by atoms with Crippen LogP contribution in [-0.2, 0) is 26.0 Å². The summed E-state index contributed by atoms with van der Waals surface area (Å²) in [4.78, 5) is 13.2. The minimum Gasteiger partial charge on any atom is -0.496 e. The lowest BCUT2D eigenvalue weighted by Crippen LogP contribution is -2.40. The number of rotatable bonds is 9. The average molecular weight is 495 g/mol. The first-order chi connectivity index (χ1) is 17.0. The number of nitrogens with one attached hydrogen (secondary N) is 1. The zero-order chi connectivity index (χ0) is 24.7. The Hall–Kier alpha value is -3.20. The van der Waals surface area contributed by atoms with Gasteiger partial charge in [-0.15, -0.1) is 0 Å². The molecule has 0 spiro atoms. The van der Waals surface area contributed by atoms with Crippen LogP contribution in [0.3, 0.4) is 0 Å². The fourth-order valence-electron chi connectivity index (χ4n) is 4.18. The number of carbonyl (C=O) groups is 1. The molecule has 0 atom stereocenters. The molecular formula is C27H30N2O5S. The van der Waals surface area contributed by atoms with E-state index >= 15 is 0 Å². The van der Waals surface area contributed by atoms with Crippen molar-refractivity contribution in [3.8, 4) is 5.75 Å². The summed E-state index contributed by atoms with van der Waals surface area (Å²) < 4.78 is 38.3. The first kappa shape index (κ1) is 24.9. The molecule has 1 aliphatic rings. The van der Waals surface area contributed by atoms with Gasteiger partial charge in [0, 0.05) is 19.5 Å². The third kappa shape index (κ3) is 6.08. The highest BCUT2D eigenvalue weighted by molar-refractivity contribution is 7.89. The molecule has 4 rings (SSSR count). The first-order valence-electron chi connectivity index (χ1n) is 11.6. The number of hydrogen-bond donors (Lipinski definition) is 1. The van der Waals surface area contributed by atoms with E-state index in [-0.39, 0.29) is 23.3 Å². The van der Waals surface area contributed by atoms with Gasteiger partial charge in [0.05, 0.1) is 31.3 Å². The maximum absolute atomic E-state index is 13.1. The molecular weight excluding hydrogens is 464 g/mol. The Kier molecular flexibility index (Phi) is 8.17. The number of benzene rings is 3. The maximum atomic E-state index is 13.1. The van der Waals surface area contributed by atoms with Crippen molar-refractivity contribution < 1.29 is 22.7 Å². The molecule has 1 N–H and O–H groups in total.